The van der Waals surface area contributed by atoms with E-state index in [1.165, 1.54) is 24.0 Å². The molecule has 3 heterocycles. The highest BCUT2D eigenvalue weighted by Crippen LogP contribution is 2.62. The molecule has 106 valence electrons. The summed E-state index contributed by atoms with van der Waals surface area (Å²) in [6.07, 6.45) is 8.00. The lowest BCUT2D eigenvalue weighted by Gasteiger charge is -2.56. The number of aliphatic imine (C=N–C) groups is 1. The molecule has 2 bridgehead atoms. The van der Waals surface area contributed by atoms with Crippen LogP contribution < -0.4 is 10.1 Å². The van der Waals surface area contributed by atoms with Crippen molar-refractivity contribution in [3.63, 3.8) is 0 Å². The van der Waals surface area contributed by atoms with Crippen LogP contribution in [0.4, 0.5) is 0 Å². The summed E-state index contributed by atoms with van der Waals surface area (Å²) >= 11 is 0. The van der Waals surface area contributed by atoms with E-state index in [1.807, 2.05) is 6.21 Å². The molecule has 2 fully saturated rings. The fourth-order valence-electron chi connectivity index (χ4n) is 5.84. The van der Waals surface area contributed by atoms with Crippen molar-refractivity contribution in [2.75, 3.05) is 6.54 Å². The number of benzene rings is 1. The molecule has 1 saturated heterocycles. The van der Waals surface area contributed by atoms with Crippen LogP contribution in [-0.4, -0.2) is 30.9 Å². The normalized spacial score (nSPS) is 43.9. The van der Waals surface area contributed by atoms with Gasteiger partial charge >= 0.3 is 0 Å². The van der Waals surface area contributed by atoms with Gasteiger partial charge in [0.15, 0.2) is 0 Å². The van der Waals surface area contributed by atoms with Crippen molar-refractivity contribution in [2.24, 2.45) is 10.9 Å². The van der Waals surface area contributed by atoms with Gasteiger partial charge in [-0.3, -0.25) is 4.99 Å². The van der Waals surface area contributed by atoms with Gasteiger partial charge in [0.25, 0.3) is 0 Å². The summed E-state index contributed by atoms with van der Waals surface area (Å²) in [5, 5.41) is 3.79. The first-order valence-electron chi connectivity index (χ1n) is 8.12. The van der Waals surface area contributed by atoms with Crippen molar-refractivity contribution in [3.8, 4) is 5.75 Å². The van der Waals surface area contributed by atoms with Crippen LogP contribution >= 0.6 is 0 Å². The van der Waals surface area contributed by atoms with Gasteiger partial charge in [-0.25, -0.2) is 0 Å². The number of hydrogen-bond donors (Lipinski definition) is 1. The van der Waals surface area contributed by atoms with E-state index in [1.54, 1.807) is 5.56 Å². The van der Waals surface area contributed by atoms with E-state index in [2.05, 4.69) is 29.6 Å². The Morgan fingerprint density at radius 1 is 1.29 bits per heavy atom. The van der Waals surface area contributed by atoms with Crippen LogP contribution in [0.3, 0.4) is 0 Å². The number of nitrogens with one attached hydrogen (secondary N) is 1. The highest BCUT2D eigenvalue weighted by Gasteiger charge is 2.65. The minimum atomic E-state index is 0.212. The monoisotopic (exact) mass is 278 g/mol. The van der Waals surface area contributed by atoms with Crippen molar-refractivity contribution < 1.29 is 4.74 Å². The van der Waals surface area contributed by atoms with E-state index in [9.17, 15) is 0 Å². The molecule has 5 aliphatic rings. The molecule has 1 aromatic carbocycles. The predicted octanol–water partition coefficient (Wildman–Crippen LogP) is 2.00. The molecule has 3 nitrogen and oxygen atoms in total. The van der Waals surface area contributed by atoms with Crippen LogP contribution in [0, 0.1) is 5.92 Å². The molecule has 2 aliphatic carbocycles. The summed E-state index contributed by atoms with van der Waals surface area (Å²) in [4.78, 5) is 4.75. The zero-order chi connectivity index (χ0) is 13.6. The van der Waals surface area contributed by atoms with Crippen LogP contribution in [0.15, 0.2) is 34.8 Å². The Bertz CT molecular complexity index is 722. The van der Waals surface area contributed by atoms with Gasteiger partial charge in [0.2, 0.25) is 0 Å². The molecule has 1 aromatic rings. The Balaban J connectivity index is 1.67. The molecule has 6 rings (SSSR count). The second kappa shape index (κ2) is 3.41. The van der Waals surface area contributed by atoms with Gasteiger partial charge in [0, 0.05) is 23.2 Å². The molecule has 1 spiro atoms. The number of nitrogens with zero attached hydrogens (tertiary/aromatic N) is 1. The van der Waals surface area contributed by atoms with Gasteiger partial charge in [-0.2, -0.15) is 0 Å². The lowest BCUT2D eigenvalue weighted by Crippen LogP contribution is -2.66. The molecule has 1 N–H and O–H groups in total. The average molecular weight is 278 g/mol. The number of allylic oxidation sites excluding steroid dienone is 1. The predicted molar refractivity (Wildman–Crippen MR) is 81.1 cm³/mol. The topological polar surface area (TPSA) is 33.6 Å². The number of rotatable bonds is 0. The third-order valence-corrected chi connectivity index (χ3v) is 6.53. The molecule has 21 heavy (non-hydrogen) atoms. The largest absolute Gasteiger partial charge is 0.487 e. The van der Waals surface area contributed by atoms with Crippen LogP contribution in [-0.2, 0) is 11.8 Å². The summed E-state index contributed by atoms with van der Waals surface area (Å²) in [6, 6.07) is 7.51. The standard InChI is InChI=1S/C18H18N2O/c1-2-10-9-13-12-8-11-4-6-20-16(11)17-18(12,5-7-19-13)15(10)14(3-1)21-17/h1-4,6,12-13,16-17,19H,5,7-9H2. The zero-order valence-electron chi connectivity index (χ0n) is 11.9. The Kier molecular flexibility index (Phi) is 1.79. The van der Waals surface area contributed by atoms with E-state index < -0.39 is 0 Å². The molecule has 1 saturated carbocycles. The van der Waals surface area contributed by atoms with E-state index >= 15 is 0 Å². The van der Waals surface area contributed by atoms with Gasteiger partial charge in [0.1, 0.15) is 17.9 Å². The number of ether oxygens (including phenoxy) is 1. The Morgan fingerprint density at radius 3 is 3.29 bits per heavy atom. The summed E-state index contributed by atoms with van der Waals surface area (Å²) in [5.41, 5.74) is 4.76. The quantitative estimate of drug-likeness (QED) is 0.787. The molecular formula is C18H18N2O. The van der Waals surface area contributed by atoms with Gasteiger partial charge in [-0.1, -0.05) is 12.1 Å². The highest BCUT2D eigenvalue weighted by atomic mass is 16.5. The van der Waals surface area contributed by atoms with E-state index in [0.717, 1.165) is 18.7 Å². The SMILES string of the molecule is C1=NC2C(=C1)CC1C3Cc4cccc5c4C1(CCN3)C2O5. The Morgan fingerprint density at radius 2 is 2.29 bits per heavy atom. The second-order valence-electron chi connectivity index (χ2n) is 7.18. The maximum atomic E-state index is 6.51. The average Bonchev–Trinajstić information content (AvgIpc) is 3.06. The van der Waals surface area contributed by atoms with Gasteiger partial charge < -0.3 is 10.1 Å². The smallest absolute Gasteiger partial charge is 0.135 e. The minimum Gasteiger partial charge on any atom is -0.487 e. The first-order valence-corrected chi connectivity index (χ1v) is 8.12. The Labute approximate surface area is 124 Å². The molecule has 0 amide bonds. The fourth-order valence-corrected chi connectivity index (χ4v) is 5.84. The van der Waals surface area contributed by atoms with Crippen LogP contribution in [0.25, 0.3) is 0 Å². The molecule has 3 heteroatoms. The molecule has 3 aliphatic heterocycles. The summed E-state index contributed by atoms with van der Waals surface area (Å²) in [5.74, 6) is 1.82. The number of piperidine rings is 1. The third kappa shape index (κ3) is 1.09. The molecule has 5 unspecified atom stereocenters. The molecule has 0 aromatic heterocycles. The van der Waals surface area contributed by atoms with Crippen LogP contribution in [0.5, 0.6) is 5.75 Å². The molecule has 0 radical (unpaired) electrons. The highest BCUT2D eigenvalue weighted by molar-refractivity contribution is 5.77. The summed E-state index contributed by atoms with van der Waals surface area (Å²) in [7, 11) is 0. The third-order valence-electron chi connectivity index (χ3n) is 6.53. The van der Waals surface area contributed by atoms with Gasteiger partial charge in [-0.15, -0.1) is 0 Å². The van der Waals surface area contributed by atoms with E-state index in [-0.39, 0.29) is 17.6 Å². The van der Waals surface area contributed by atoms with Crippen molar-refractivity contribution in [1.82, 2.24) is 5.32 Å². The van der Waals surface area contributed by atoms with Gasteiger partial charge in [-0.05, 0) is 55.0 Å². The maximum absolute atomic E-state index is 6.51. The van der Waals surface area contributed by atoms with E-state index in [0.29, 0.717) is 12.0 Å². The summed E-state index contributed by atoms with van der Waals surface area (Å²) in [6.45, 7) is 1.12. The lowest BCUT2D eigenvalue weighted by atomic mass is 9.51. The number of fused-ring (bicyclic) bond motifs is 2. The zero-order valence-corrected chi connectivity index (χ0v) is 11.9. The number of hydrogen-bond acceptors (Lipinski definition) is 3. The van der Waals surface area contributed by atoms with E-state index in [4.69, 9.17) is 9.73 Å². The lowest BCUT2D eigenvalue weighted by molar-refractivity contribution is 0.0132. The van der Waals surface area contributed by atoms with Crippen molar-refractivity contribution in [1.29, 1.82) is 0 Å². The first kappa shape index (κ1) is 11.0. The first-order chi connectivity index (χ1) is 10.4. The fraction of sp³-hybridized carbons (Fsp3) is 0.500. The minimum absolute atomic E-state index is 0.212. The van der Waals surface area contributed by atoms with Gasteiger partial charge in [0.05, 0.1) is 0 Å². The van der Waals surface area contributed by atoms with Crippen molar-refractivity contribution in [3.05, 3.63) is 41.0 Å². The second-order valence-corrected chi connectivity index (χ2v) is 7.18. The van der Waals surface area contributed by atoms with Crippen LogP contribution in [0.1, 0.15) is 24.0 Å². The maximum Gasteiger partial charge on any atom is 0.135 e. The summed E-state index contributed by atoms with van der Waals surface area (Å²) < 4.78 is 6.51. The van der Waals surface area contributed by atoms with Crippen LogP contribution in [0.2, 0.25) is 0 Å². The molecule has 5 atom stereocenters. The van der Waals surface area contributed by atoms with Crippen molar-refractivity contribution >= 4 is 6.21 Å². The Hall–Kier alpha value is -1.61. The van der Waals surface area contributed by atoms with Crippen molar-refractivity contribution in [2.45, 2.75) is 42.9 Å². The molecular weight excluding hydrogens is 260 g/mol.